The van der Waals surface area contributed by atoms with E-state index in [1.54, 1.807) is 0 Å². The second kappa shape index (κ2) is 6.04. The Hall–Kier alpha value is -1.89. The van der Waals surface area contributed by atoms with Gasteiger partial charge in [-0.1, -0.05) is 42.0 Å². The number of ketones is 1. The second-order valence-corrected chi connectivity index (χ2v) is 5.69. The highest BCUT2D eigenvalue weighted by atomic mass is 16.1. The first-order chi connectivity index (χ1) is 9.47. The minimum absolute atomic E-state index is 0.288. The topological polar surface area (TPSA) is 17.1 Å². The molecule has 0 atom stereocenters. The Morgan fingerprint density at radius 2 is 1.50 bits per heavy atom. The average Bonchev–Trinajstić information content (AvgIpc) is 2.38. The molecule has 2 aromatic rings. The molecule has 0 aromatic heterocycles. The smallest absolute Gasteiger partial charge is 0.141 e. The maximum Gasteiger partial charge on any atom is 0.141 e. The quantitative estimate of drug-likeness (QED) is 0.807. The first-order valence-electron chi connectivity index (χ1n) is 7.10. The number of Topliss-reactive ketones (excluding diaryl/α,β-unsaturated/α-hetero) is 1. The fourth-order valence-electron chi connectivity index (χ4n) is 2.59. The molecule has 0 N–H and O–H groups in total. The summed E-state index contributed by atoms with van der Waals surface area (Å²) in [5, 5.41) is 0. The Kier molecular flexibility index (Phi) is 4.39. The van der Waals surface area contributed by atoms with Crippen molar-refractivity contribution in [2.75, 3.05) is 0 Å². The van der Waals surface area contributed by atoms with Crippen molar-refractivity contribution in [3.05, 3.63) is 69.8 Å². The molecule has 0 amide bonds. The van der Waals surface area contributed by atoms with E-state index >= 15 is 0 Å². The molecule has 0 aliphatic carbocycles. The molecule has 0 radical (unpaired) electrons. The summed E-state index contributed by atoms with van der Waals surface area (Å²) in [6.07, 6.45) is 1.06. The summed E-state index contributed by atoms with van der Waals surface area (Å²) < 4.78 is 0. The van der Waals surface area contributed by atoms with Gasteiger partial charge in [-0.15, -0.1) is 0 Å². The monoisotopic (exact) mass is 266 g/mol. The zero-order chi connectivity index (χ0) is 14.7. The predicted octanol–water partition coefficient (Wildman–Crippen LogP) is 4.27. The minimum atomic E-state index is 0.288. The molecule has 0 spiro atoms. The van der Waals surface area contributed by atoms with Crippen molar-refractivity contribution in [3.63, 3.8) is 0 Å². The summed E-state index contributed by atoms with van der Waals surface area (Å²) in [5.74, 6) is 0.288. The van der Waals surface area contributed by atoms with Gasteiger partial charge in [-0.25, -0.2) is 0 Å². The highest BCUT2D eigenvalue weighted by Gasteiger charge is 2.10. The van der Waals surface area contributed by atoms with Crippen LogP contribution in [0.3, 0.4) is 0 Å². The van der Waals surface area contributed by atoms with Gasteiger partial charge in [-0.3, -0.25) is 4.79 Å². The van der Waals surface area contributed by atoms with Gasteiger partial charge in [0.05, 0.1) is 0 Å². The van der Waals surface area contributed by atoms with E-state index < -0.39 is 0 Å². The molecule has 0 saturated heterocycles. The molecule has 0 heterocycles. The molecule has 104 valence electrons. The normalized spacial score (nSPS) is 10.6. The fourth-order valence-corrected chi connectivity index (χ4v) is 2.59. The van der Waals surface area contributed by atoms with Crippen LogP contribution >= 0.6 is 0 Å². The van der Waals surface area contributed by atoms with Crippen molar-refractivity contribution in [1.82, 2.24) is 0 Å². The molecule has 20 heavy (non-hydrogen) atoms. The van der Waals surface area contributed by atoms with E-state index in [-0.39, 0.29) is 5.78 Å². The minimum Gasteiger partial charge on any atom is -0.299 e. The lowest BCUT2D eigenvalue weighted by Crippen LogP contribution is -2.10. The van der Waals surface area contributed by atoms with Crippen molar-refractivity contribution < 1.29 is 4.79 Å². The van der Waals surface area contributed by atoms with Gasteiger partial charge in [-0.05, 0) is 55.5 Å². The summed E-state index contributed by atoms with van der Waals surface area (Å²) in [7, 11) is 0. The van der Waals surface area contributed by atoms with Gasteiger partial charge in [0.2, 0.25) is 0 Å². The van der Waals surface area contributed by atoms with Crippen LogP contribution in [0.25, 0.3) is 0 Å². The van der Waals surface area contributed by atoms with Gasteiger partial charge >= 0.3 is 0 Å². The van der Waals surface area contributed by atoms with Crippen LogP contribution in [0, 0.1) is 27.7 Å². The highest BCUT2D eigenvalue weighted by molar-refractivity contribution is 5.84. The number of aryl methyl sites for hydroxylation is 4. The number of hydrogen-bond donors (Lipinski definition) is 0. The van der Waals surface area contributed by atoms with Crippen molar-refractivity contribution in [3.8, 4) is 0 Å². The molecule has 0 aliphatic heterocycles. The van der Waals surface area contributed by atoms with E-state index in [0.717, 1.165) is 5.56 Å². The summed E-state index contributed by atoms with van der Waals surface area (Å²) in [4.78, 5) is 12.3. The lowest BCUT2D eigenvalue weighted by atomic mass is 9.94. The Labute approximate surface area is 121 Å². The van der Waals surface area contributed by atoms with Crippen LogP contribution in [0.15, 0.2) is 36.4 Å². The highest BCUT2D eigenvalue weighted by Crippen LogP contribution is 2.17. The molecular formula is C19H22O. The molecule has 1 nitrogen and oxygen atoms in total. The first kappa shape index (κ1) is 14.5. The number of carbonyl (C=O) groups excluding carboxylic acids is 1. The molecule has 0 aliphatic rings. The maximum absolute atomic E-state index is 12.3. The number of benzene rings is 2. The Morgan fingerprint density at radius 3 is 2.15 bits per heavy atom. The SMILES string of the molecule is Cc1ccc(C)c(CC(=O)Cc2c(C)cccc2C)c1. The average molecular weight is 266 g/mol. The van der Waals surface area contributed by atoms with E-state index in [9.17, 15) is 4.79 Å². The van der Waals surface area contributed by atoms with E-state index in [4.69, 9.17) is 0 Å². The maximum atomic E-state index is 12.3. The molecule has 2 aromatic carbocycles. The number of carbonyl (C=O) groups is 1. The van der Waals surface area contributed by atoms with Gasteiger partial charge < -0.3 is 0 Å². The van der Waals surface area contributed by atoms with Gasteiger partial charge in [0.25, 0.3) is 0 Å². The summed E-state index contributed by atoms with van der Waals surface area (Å²) >= 11 is 0. The molecule has 2 rings (SSSR count). The van der Waals surface area contributed by atoms with Crippen molar-refractivity contribution in [1.29, 1.82) is 0 Å². The van der Waals surface area contributed by atoms with Gasteiger partial charge in [0.1, 0.15) is 5.78 Å². The predicted molar refractivity (Wildman–Crippen MR) is 84.2 cm³/mol. The van der Waals surface area contributed by atoms with Crippen LogP contribution in [0.4, 0.5) is 0 Å². The second-order valence-electron chi connectivity index (χ2n) is 5.69. The summed E-state index contributed by atoms with van der Waals surface area (Å²) in [6.45, 7) is 8.29. The Morgan fingerprint density at radius 1 is 0.850 bits per heavy atom. The Bertz CT molecular complexity index is 618. The van der Waals surface area contributed by atoms with E-state index in [1.807, 2.05) is 6.07 Å². The third-order valence-corrected chi connectivity index (χ3v) is 3.91. The van der Waals surface area contributed by atoms with Crippen molar-refractivity contribution in [2.24, 2.45) is 0 Å². The molecule has 0 saturated carbocycles. The largest absolute Gasteiger partial charge is 0.299 e. The summed E-state index contributed by atoms with van der Waals surface area (Å²) in [5.41, 5.74) is 7.17. The van der Waals surface area contributed by atoms with Gasteiger partial charge in [0.15, 0.2) is 0 Å². The third-order valence-electron chi connectivity index (χ3n) is 3.91. The van der Waals surface area contributed by atoms with Crippen LogP contribution in [0.1, 0.15) is 33.4 Å². The molecule has 0 fully saturated rings. The molecular weight excluding hydrogens is 244 g/mol. The van der Waals surface area contributed by atoms with Crippen LogP contribution in [-0.4, -0.2) is 5.78 Å². The van der Waals surface area contributed by atoms with E-state index in [1.165, 1.54) is 27.8 Å². The van der Waals surface area contributed by atoms with Crippen molar-refractivity contribution in [2.45, 2.75) is 40.5 Å². The van der Waals surface area contributed by atoms with Crippen LogP contribution in [0.5, 0.6) is 0 Å². The zero-order valence-electron chi connectivity index (χ0n) is 12.8. The van der Waals surface area contributed by atoms with Crippen molar-refractivity contribution >= 4 is 5.78 Å². The van der Waals surface area contributed by atoms with Gasteiger partial charge in [-0.2, -0.15) is 0 Å². The summed E-state index contributed by atoms with van der Waals surface area (Å²) in [6, 6.07) is 12.5. The number of rotatable bonds is 4. The third kappa shape index (κ3) is 3.36. The first-order valence-corrected chi connectivity index (χ1v) is 7.10. The van der Waals surface area contributed by atoms with Crippen LogP contribution < -0.4 is 0 Å². The van der Waals surface area contributed by atoms with E-state index in [0.29, 0.717) is 12.8 Å². The standard InChI is InChI=1S/C19H22O/c1-13-8-9-14(2)17(10-13)11-18(20)12-19-15(3)6-5-7-16(19)4/h5-10H,11-12H2,1-4H3. The lowest BCUT2D eigenvalue weighted by molar-refractivity contribution is -0.117. The van der Waals surface area contributed by atoms with E-state index in [2.05, 4.69) is 58.0 Å². The molecule has 0 unspecified atom stereocenters. The Balaban J connectivity index is 2.15. The molecule has 1 heteroatoms. The fraction of sp³-hybridized carbons (Fsp3) is 0.316. The molecule has 0 bridgehead atoms. The zero-order valence-corrected chi connectivity index (χ0v) is 12.8. The lowest BCUT2D eigenvalue weighted by Gasteiger charge is -2.10. The van der Waals surface area contributed by atoms with Crippen LogP contribution in [-0.2, 0) is 17.6 Å². The van der Waals surface area contributed by atoms with Crippen LogP contribution in [0.2, 0.25) is 0 Å². The number of hydrogen-bond acceptors (Lipinski definition) is 1. The van der Waals surface area contributed by atoms with Gasteiger partial charge in [0, 0.05) is 12.8 Å².